The molecule has 0 saturated heterocycles. The fraction of sp³-hybridized carbons (Fsp3) is 0. The Hall–Kier alpha value is -2.26. The van der Waals surface area contributed by atoms with E-state index in [1.165, 1.54) is 0 Å². The van der Waals surface area contributed by atoms with Crippen LogP contribution in [0.25, 0.3) is 12.2 Å². The van der Waals surface area contributed by atoms with Crippen molar-refractivity contribution in [1.82, 2.24) is 0 Å². The molecule has 4 rings (SSSR count). The summed E-state index contributed by atoms with van der Waals surface area (Å²) in [5, 5.41) is 0. The van der Waals surface area contributed by atoms with Crippen molar-refractivity contribution in [3.8, 4) is 0 Å². The van der Waals surface area contributed by atoms with Crippen molar-refractivity contribution in [2.75, 3.05) is 0 Å². The van der Waals surface area contributed by atoms with Gasteiger partial charge in [-0.15, -0.1) is 47.5 Å². The van der Waals surface area contributed by atoms with E-state index in [0.717, 1.165) is 11.1 Å². The van der Waals surface area contributed by atoms with Crippen LogP contribution in [0.5, 0.6) is 0 Å². The monoisotopic (exact) mass is 420 g/mol. The Bertz CT molecular complexity index is 696. The van der Waals surface area contributed by atoms with E-state index in [1.54, 1.807) is 0 Å². The van der Waals surface area contributed by atoms with Gasteiger partial charge in [-0.1, -0.05) is 0 Å². The molecule has 0 fully saturated rings. The molecule has 0 unspecified atom stereocenters. The SMILES string of the molecule is C(=C=C[c-]1cccc1)=C[c-]1cccc1.[Fe+2].[Fe+2].c1cc[cH-]c1.c1cc[cH-]c1. The summed E-state index contributed by atoms with van der Waals surface area (Å²) in [5.74, 6) is 0. The number of rotatable bonds is 2. The Morgan fingerprint density at radius 3 is 1.04 bits per heavy atom. The fourth-order valence-electron chi connectivity index (χ4n) is 1.86. The van der Waals surface area contributed by atoms with Gasteiger partial charge in [0.05, 0.1) is 0 Å². The molecule has 0 saturated carbocycles. The summed E-state index contributed by atoms with van der Waals surface area (Å²) < 4.78 is 0. The van der Waals surface area contributed by atoms with E-state index < -0.39 is 0 Å². The van der Waals surface area contributed by atoms with Crippen LogP contribution in [0.15, 0.2) is 121 Å². The second-order valence-electron chi connectivity index (χ2n) is 4.94. The molecule has 4 aromatic rings. The van der Waals surface area contributed by atoms with Crippen LogP contribution in [-0.2, 0) is 34.1 Å². The van der Waals surface area contributed by atoms with Crippen molar-refractivity contribution in [2.24, 2.45) is 0 Å². The van der Waals surface area contributed by atoms with Gasteiger partial charge in [0.15, 0.2) is 0 Å². The Morgan fingerprint density at radius 2 is 0.808 bits per heavy atom. The molecule has 0 amide bonds. The van der Waals surface area contributed by atoms with E-state index in [-0.39, 0.29) is 34.1 Å². The molecule has 26 heavy (non-hydrogen) atoms. The molecule has 0 bridgehead atoms. The van der Waals surface area contributed by atoms with Crippen LogP contribution in [0.2, 0.25) is 0 Å². The van der Waals surface area contributed by atoms with E-state index in [9.17, 15) is 0 Å². The maximum atomic E-state index is 3.00. The normalized spacial score (nSPS) is 7.85. The van der Waals surface area contributed by atoms with Crippen LogP contribution < -0.4 is 0 Å². The molecular weight excluding hydrogens is 400 g/mol. The average molecular weight is 420 g/mol. The predicted octanol–water partition coefficient (Wildman–Crippen LogP) is 6.41. The minimum atomic E-state index is 0. The molecule has 0 aliphatic carbocycles. The quantitative estimate of drug-likeness (QED) is 0.200. The van der Waals surface area contributed by atoms with Crippen molar-refractivity contribution in [3.63, 3.8) is 0 Å². The number of hydrogen-bond donors (Lipinski definition) is 0. The summed E-state index contributed by atoms with van der Waals surface area (Å²) in [5.41, 5.74) is 8.31. The molecular formula is C24H20Fe2. The Kier molecular flexibility index (Phi) is 14.8. The first kappa shape index (κ1) is 23.7. The third-order valence-corrected chi connectivity index (χ3v) is 3.05. The average Bonchev–Trinajstić information content (AvgIpc) is 3.44. The van der Waals surface area contributed by atoms with Gasteiger partial charge < -0.3 is 0 Å². The second-order valence-corrected chi connectivity index (χ2v) is 4.94. The summed E-state index contributed by atoms with van der Waals surface area (Å²) in [4.78, 5) is 0. The first-order chi connectivity index (χ1) is 11.9. The van der Waals surface area contributed by atoms with Crippen LogP contribution in [0, 0.1) is 0 Å². The van der Waals surface area contributed by atoms with Gasteiger partial charge >= 0.3 is 34.1 Å². The van der Waals surface area contributed by atoms with Gasteiger partial charge in [0.25, 0.3) is 0 Å². The predicted molar refractivity (Wildman–Crippen MR) is 104 cm³/mol. The smallest absolute Gasteiger partial charge is 0.243 e. The van der Waals surface area contributed by atoms with Crippen molar-refractivity contribution < 1.29 is 34.1 Å². The number of hydrogen-bond acceptors (Lipinski definition) is 0. The van der Waals surface area contributed by atoms with Gasteiger partial charge in [-0.2, -0.15) is 60.7 Å². The van der Waals surface area contributed by atoms with Crippen molar-refractivity contribution in [1.29, 1.82) is 0 Å². The van der Waals surface area contributed by atoms with Crippen LogP contribution in [0.1, 0.15) is 11.1 Å². The first-order valence-electron chi connectivity index (χ1n) is 7.89. The van der Waals surface area contributed by atoms with Gasteiger partial charge in [0.1, 0.15) is 0 Å². The van der Waals surface area contributed by atoms with Gasteiger partial charge in [-0.3, -0.25) is 0 Å². The van der Waals surface area contributed by atoms with Crippen LogP contribution in [-0.4, -0.2) is 0 Å². The molecule has 0 aromatic heterocycles. The van der Waals surface area contributed by atoms with Gasteiger partial charge in [-0.05, 0) is 0 Å². The van der Waals surface area contributed by atoms with E-state index in [2.05, 4.69) is 11.5 Å². The first-order valence-corrected chi connectivity index (χ1v) is 7.89. The summed E-state index contributed by atoms with van der Waals surface area (Å²) >= 11 is 0. The molecule has 132 valence electrons. The van der Waals surface area contributed by atoms with Gasteiger partial charge in [0.2, 0.25) is 0 Å². The maximum absolute atomic E-state index is 3.00. The molecule has 0 spiro atoms. The Labute approximate surface area is 177 Å². The minimum Gasteiger partial charge on any atom is -0.243 e. The molecule has 0 N–H and O–H groups in total. The van der Waals surface area contributed by atoms with E-state index in [4.69, 9.17) is 0 Å². The molecule has 0 heterocycles. The second kappa shape index (κ2) is 16.2. The maximum Gasteiger partial charge on any atom is 2.00 e. The topological polar surface area (TPSA) is 0 Å². The Morgan fingerprint density at radius 1 is 0.500 bits per heavy atom. The van der Waals surface area contributed by atoms with Crippen LogP contribution >= 0.6 is 0 Å². The van der Waals surface area contributed by atoms with Crippen LogP contribution in [0.4, 0.5) is 0 Å². The summed E-state index contributed by atoms with van der Waals surface area (Å²) in [6.45, 7) is 0. The molecule has 0 atom stereocenters. The van der Waals surface area contributed by atoms with Gasteiger partial charge in [-0.25, -0.2) is 35.7 Å². The molecule has 4 aromatic carbocycles. The van der Waals surface area contributed by atoms with Crippen molar-refractivity contribution >= 4 is 12.2 Å². The third kappa shape index (κ3) is 11.3. The van der Waals surface area contributed by atoms with Crippen molar-refractivity contribution in [2.45, 2.75) is 0 Å². The summed E-state index contributed by atoms with van der Waals surface area (Å²) in [7, 11) is 0. The van der Waals surface area contributed by atoms with E-state index >= 15 is 0 Å². The van der Waals surface area contributed by atoms with E-state index in [1.807, 2.05) is 121 Å². The molecule has 0 aliphatic rings. The molecule has 0 aliphatic heterocycles. The summed E-state index contributed by atoms with van der Waals surface area (Å²) in [6, 6.07) is 36.2. The van der Waals surface area contributed by atoms with Crippen molar-refractivity contribution in [3.05, 3.63) is 132 Å². The molecule has 0 nitrogen and oxygen atoms in total. The zero-order valence-corrected chi connectivity index (χ0v) is 16.5. The standard InChI is InChI=1S/C14H10.2C5H5.2Fe/c1-2-8-13(7-1)11-5-6-12-14-9-3-4-10-14;2*1-2-4-5-3-1;;/h1-4,7-12H;2*1-5H;;/q-2;2*-1;2*+2. The fourth-order valence-corrected chi connectivity index (χ4v) is 1.86. The molecule has 2 heteroatoms. The Balaban J connectivity index is 0.000000432. The zero-order valence-electron chi connectivity index (χ0n) is 14.3. The van der Waals surface area contributed by atoms with E-state index in [0.29, 0.717) is 0 Å². The van der Waals surface area contributed by atoms with Gasteiger partial charge in [0, 0.05) is 0 Å². The van der Waals surface area contributed by atoms with Crippen LogP contribution in [0.3, 0.4) is 0 Å². The largest absolute Gasteiger partial charge is 2.00 e. The molecule has 0 radical (unpaired) electrons. The summed E-state index contributed by atoms with van der Waals surface area (Å²) in [6.07, 6.45) is 3.83. The third-order valence-electron chi connectivity index (χ3n) is 3.05. The zero-order chi connectivity index (χ0) is 16.7. The minimum absolute atomic E-state index is 0.